The second-order valence-corrected chi connectivity index (χ2v) is 8.12. The average molecular weight is 515 g/mol. The standard InChI is InChI=1S/C25H21F4N5O3/c1-35-23(22-24(37-25(28)29)31-5-4-30-22)17-11-16(18(26)12-19(17)27)21-15-3-2-14(10-20(15)32-13-33-21)34-6-8-36-9-7-34/h2-5,10-13,23,25H,6-9H2,1H3. The van der Waals surface area contributed by atoms with E-state index in [0.29, 0.717) is 30.2 Å². The molecule has 1 saturated heterocycles. The number of morpholine rings is 1. The highest BCUT2D eigenvalue weighted by molar-refractivity contribution is 5.94. The zero-order valence-electron chi connectivity index (χ0n) is 19.6. The summed E-state index contributed by atoms with van der Waals surface area (Å²) in [6.07, 6.45) is 2.36. The molecule has 0 amide bonds. The third-order valence-corrected chi connectivity index (χ3v) is 6.00. The fraction of sp³-hybridized carbons (Fsp3) is 0.280. The Hall–Kier alpha value is -3.90. The lowest BCUT2D eigenvalue weighted by molar-refractivity contribution is -0.0552. The van der Waals surface area contributed by atoms with Crippen LogP contribution in [0.2, 0.25) is 0 Å². The molecule has 0 N–H and O–H groups in total. The maximum absolute atomic E-state index is 15.1. The quantitative estimate of drug-likeness (QED) is 0.332. The number of hydrogen-bond acceptors (Lipinski definition) is 8. The van der Waals surface area contributed by atoms with Gasteiger partial charge in [-0.2, -0.15) is 8.78 Å². The molecular weight excluding hydrogens is 494 g/mol. The van der Waals surface area contributed by atoms with E-state index in [1.165, 1.54) is 25.7 Å². The maximum Gasteiger partial charge on any atom is 0.388 e. The summed E-state index contributed by atoms with van der Waals surface area (Å²) in [5.41, 5.74) is 1.37. The van der Waals surface area contributed by atoms with Crippen LogP contribution >= 0.6 is 0 Å². The first-order valence-electron chi connectivity index (χ1n) is 11.3. The number of benzene rings is 2. The molecule has 1 unspecified atom stereocenters. The van der Waals surface area contributed by atoms with Crippen LogP contribution in [0.5, 0.6) is 5.88 Å². The van der Waals surface area contributed by atoms with Crippen molar-refractivity contribution in [2.24, 2.45) is 0 Å². The van der Waals surface area contributed by atoms with Crippen LogP contribution in [-0.2, 0) is 9.47 Å². The summed E-state index contributed by atoms with van der Waals surface area (Å²) in [5, 5.41) is 0.547. The van der Waals surface area contributed by atoms with Crippen molar-refractivity contribution in [1.29, 1.82) is 0 Å². The van der Waals surface area contributed by atoms with Crippen molar-refractivity contribution in [2.45, 2.75) is 12.7 Å². The third-order valence-electron chi connectivity index (χ3n) is 6.00. The van der Waals surface area contributed by atoms with Gasteiger partial charge in [0, 0.05) is 60.9 Å². The van der Waals surface area contributed by atoms with Gasteiger partial charge in [-0.3, -0.25) is 4.98 Å². The zero-order chi connectivity index (χ0) is 25.9. The van der Waals surface area contributed by atoms with Crippen LogP contribution in [0.4, 0.5) is 23.2 Å². The predicted octanol–water partition coefficient (Wildman–Crippen LogP) is 4.54. The molecule has 1 aliphatic heterocycles. The summed E-state index contributed by atoms with van der Waals surface area (Å²) in [6.45, 7) is -0.480. The molecule has 0 radical (unpaired) electrons. The van der Waals surface area contributed by atoms with Crippen LogP contribution in [0.3, 0.4) is 0 Å². The molecule has 0 saturated carbocycles. The molecule has 2 aromatic carbocycles. The number of fused-ring (bicyclic) bond motifs is 1. The van der Waals surface area contributed by atoms with E-state index < -0.39 is 30.2 Å². The van der Waals surface area contributed by atoms with Crippen LogP contribution in [0.15, 0.2) is 49.1 Å². The number of ether oxygens (including phenoxy) is 3. The summed E-state index contributed by atoms with van der Waals surface area (Å²) in [6, 6.07) is 7.45. The summed E-state index contributed by atoms with van der Waals surface area (Å²) in [7, 11) is 1.24. The normalized spacial score (nSPS) is 14.8. The second-order valence-electron chi connectivity index (χ2n) is 8.12. The molecule has 1 fully saturated rings. The maximum atomic E-state index is 15.1. The molecule has 12 heteroatoms. The molecule has 0 bridgehead atoms. The van der Waals surface area contributed by atoms with Crippen LogP contribution in [0.1, 0.15) is 17.4 Å². The lowest BCUT2D eigenvalue weighted by atomic mass is 9.98. The van der Waals surface area contributed by atoms with Gasteiger partial charge in [-0.1, -0.05) is 0 Å². The Kier molecular flexibility index (Phi) is 7.10. The number of alkyl halides is 2. The number of methoxy groups -OCH3 is 1. The van der Waals surface area contributed by atoms with E-state index in [0.717, 1.165) is 25.0 Å². The molecule has 5 rings (SSSR count). The Morgan fingerprint density at radius 2 is 1.73 bits per heavy atom. The molecule has 1 atom stereocenters. The van der Waals surface area contributed by atoms with E-state index in [9.17, 15) is 8.78 Å². The summed E-state index contributed by atoms with van der Waals surface area (Å²) in [5.74, 6) is -2.36. The molecule has 4 aromatic rings. The molecule has 2 aromatic heterocycles. The molecule has 192 valence electrons. The van der Waals surface area contributed by atoms with Gasteiger partial charge in [-0.15, -0.1) is 0 Å². The van der Waals surface area contributed by atoms with E-state index in [1.54, 1.807) is 6.07 Å². The van der Waals surface area contributed by atoms with Crippen molar-refractivity contribution >= 4 is 16.6 Å². The fourth-order valence-corrected chi connectivity index (χ4v) is 4.30. The number of halogens is 4. The highest BCUT2D eigenvalue weighted by Gasteiger charge is 2.27. The lowest BCUT2D eigenvalue weighted by Crippen LogP contribution is -2.36. The van der Waals surface area contributed by atoms with E-state index in [-0.39, 0.29) is 22.5 Å². The Morgan fingerprint density at radius 3 is 2.49 bits per heavy atom. The van der Waals surface area contributed by atoms with Gasteiger partial charge in [-0.05, 0) is 24.3 Å². The van der Waals surface area contributed by atoms with Crippen LogP contribution in [0.25, 0.3) is 22.2 Å². The first-order valence-corrected chi connectivity index (χ1v) is 11.3. The minimum atomic E-state index is -3.18. The number of aromatic nitrogens is 4. The van der Waals surface area contributed by atoms with Gasteiger partial charge in [0.05, 0.1) is 24.4 Å². The first kappa shape index (κ1) is 24.8. The predicted molar refractivity (Wildman–Crippen MR) is 125 cm³/mol. The van der Waals surface area contributed by atoms with E-state index in [4.69, 9.17) is 9.47 Å². The summed E-state index contributed by atoms with van der Waals surface area (Å²) >= 11 is 0. The molecular formula is C25H21F4N5O3. The van der Waals surface area contributed by atoms with Crippen molar-refractivity contribution in [3.63, 3.8) is 0 Å². The van der Waals surface area contributed by atoms with Gasteiger partial charge in [0.2, 0.25) is 5.88 Å². The average Bonchev–Trinajstić information content (AvgIpc) is 2.91. The van der Waals surface area contributed by atoms with Gasteiger partial charge < -0.3 is 19.1 Å². The largest absolute Gasteiger partial charge is 0.415 e. The highest BCUT2D eigenvalue weighted by Crippen LogP contribution is 2.37. The Morgan fingerprint density at radius 1 is 0.946 bits per heavy atom. The Balaban J connectivity index is 1.59. The minimum Gasteiger partial charge on any atom is -0.415 e. The molecule has 0 aliphatic carbocycles. The topological polar surface area (TPSA) is 82.5 Å². The molecule has 37 heavy (non-hydrogen) atoms. The van der Waals surface area contributed by atoms with E-state index in [2.05, 4.69) is 29.6 Å². The number of anilines is 1. The first-order chi connectivity index (χ1) is 18.0. The van der Waals surface area contributed by atoms with Crippen molar-refractivity contribution < 1.29 is 31.8 Å². The van der Waals surface area contributed by atoms with Gasteiger partial charge in [0.15, 0.2) is 0 Å². The lowest BCUT2D eigenvalue weighted by Gasteiger charge is -2.29. The van der Waals surface area contributed by atoms with Crippen molar-refractivity contribution in [3.05, 3.63) is 71.9 Å². The van der Waals surface area contributed by atoms with Gasteiger partial charge in [0.1, 0.15) is 29.8 Å². The van der Waals surface area contributed by atoms with Crippen molar-refractivity contribution in [2.75, 3.05) is 38.3 Å². The molecule has 0 spiro atoms. The minimum absolute atomic E-state index is 0.0230. The van der Waals surface area contributed by atoms with Crippen molar-refractivity contribution in [1.82, 2.24) is 19.9 Å². The Bertz CT molecular complexity index is 1420. The van der Waals surface area contributed by atoms with Crippen LogP contribution in [0, 0.1) is 11.6 Å². The number of rotatable bonds is 7. The molecule has 8 nitrogen and oxygen atoms in total. The molecule has 1 aliphatic rings. The van der Waals surface area contributed by atoms with Gasteiger partial charge in [0.25, 0.3) is 0 Å². The van der Waals surface area contributed by atoms with E-state index in [1.807, 2.05) is 12.1 Å². The third kappa shape index (κ3) is 5.02. The number of hydrogen-bond donors (Lipinski definition) is 0. The highest BCUT2D eigenvalue weighted by atomic mass is 19.3. The monoisotopic (exact) mass is 515 g/mol. The SMILES string of the molecule is COC(c1cc(-c2ncnc3cc(N4CCOCC4)ccc23)c(F)cc1F)c1nccnc1OC(F)F. The fourth-order valence-electron chi connectivity index (χ4n) is 4.30. The van der Waals surface area contributed by atoms with Crippen LogP contribution < -0.4 is 9.64 Å². The summed E-state index contributed by atoms with van der Waals surface area (Å²) in [4.78, 5) is 18.5. The van der Waals surface area contributed by atoms with Crippen LogP contribution in [-0.4, -0.2) is 60.0 Å². The Labute approximate surface area is 208 Å². The second kappa shape index (κ2) is 10.6. The van der Waals surface area contributed by atoms with Gasteiger partial charge in [-0.25, -0.2) is 23.7 Å². The summed E-state index contributed by atoms with van der Waals surface area (Å²) < 4.78 is 71.2. The smallest absolute Gasteiger partial charge is 0.388 e. The zero-order valence-corrected chi connectivity index (χ0v) is 19.6. The molecule has 3 heterocycles. The van der Waals surface area contributed by atoms with Gasteiger partial charge >= 0.3 is 6.61 Å². The van der Waals surface area contributed by atoms with E-state index >= 15 is 8.78 Å². The van der Waals surface area contributed by atoms with Crippen molar-refractivity contribution in [3.8, 4) is 17.1 Å². The number of nitrogens with zero attached hydrogens (tertiary/aromatic N) is 5.